The van der Waals surface area contributed by atoms with Crippen molar-refractivity contribution in [3.63, 3.8) is 0 Å². The van der Waals surface area contributed by atoms with Gasteiger partial charge in [-0.05, 0) is 50.4 Å². The number of rotatable bonds is 13. The van der Waals surface area contributed by atoms with E-state index in [9.17, 15) is 9.59 Å². The second-order valence-corrected chi connectivity index (χ2v) is 20.0. The average Bonchev–Trinajstić information content (AvgIpc) is 3.60. The van der Waals surface area contributed by atoms with Crippen LogP contribution < -0.4 is 5.32 Å². The predicted molar refractivity (Wildman–Crippen MR) is 188 cm³/mol. The Morgan fingerprint density at radius 2 is 2.04 bits per heavy atom. The second kappa shape index (κ2) is 14.9. The smallest absolute Gasteiger partial charge is 0.255 e. The number of aromatic nitrogens is 5. The summed E-state index contributed by atoms with van der Waals surface area (Å²) in [6.45, 7) is 11.6. The summed E-state index contributed by atoms with van der Waals surface area (Å²) in [7, 11) is -1.30. The lowest BCUT2D eigenvalue weighted by atomic mass is 10.0. The van der Waals surface area contributed by atoms with Crippen LogP contribution in [0.4, 0.5) is 0 Å². The molecular formula is C34H43ClN8O5Si. The van der Waals surface area contributed by atoms with E-state index < -0.39 is 20.0 Å². The zero-order valence-corrected chi connectivity index (χ0v) is 30.2. The molecule has 1 aromatic carbocycles. The number of likely N-dealkylation sites (tertiary alicyclic amines) is 1. The van der Waals surface area contributed by atoms with Gasteiger partial charge in [-0.25, -0.2) is 9.97 Å². The largest absolute Gasteiger partial charge is 0.361 e. The SMILES string of the molecule is C[C@@H](NC(=O)c1cn(COCC[Si](C)(C)C)c2ncc(-c3nn(CCOC4CCCCO4)c4cc(Cl)ccc34)nc12)C(=O)N1CC(C#N)C1. The van der Waals surface area contributed by atoms with Crippen molar-refractivity contribution in [3.8, 4) is 17.5 Å². The minimum atomic E-state index is -1.30. The van der Waals surface area contributed by atoms with E-state index in [1.54, 1.807) is 34.9 Å². The quantitative estimate of drug-likeness (QED) is 0.149. The Labute approximate surface area is 291 Å². The molecule has 0 radical (unpaired) electrons. The molecule has 2 aliphatic rings. The van der Waals surface area contributed by atoms with Crippen molar-refractivity contribution in [2.75, 3.05) is 32.9 Å². The van der Waals surface area contributed by atoms with E-state index in [1.165, 1.54) is 0 Å². The van der Waals surface area contributed by atoms with Gasteiger partial charge < -0.3 is 29.0 Å². The molecule has 6 rings (SSSR count). The molecule has 4 aromatic rings. The van der Waals surface area contributed by atoms with E-state index in [4.69, 9.17) is 46.1 Å². The highest BCUT2D eigenvalue weighted by atomic mass is 35.5. The fourth-order valence-corrected chi connectivity index (χ4v) is 6.86. The van der Waals surface area contributed by atoms with Gasteiger partial charge in [0.05, 0.1) is 42.4 Å². The van der Waals surface area contributed by atoms with Crippen LogP contribution in [-0.4, -0.2) is 94.3 Å². The van der Waals surface area contributed by atoms with Gasteiger partial charge in [0.25, 0.3) is 5.91 Å². The number of nitrogens with one attached hydrogen (secondary N) is 1. The van der Waals surface area contributed by atoms with Crippen LogP contribution in [0.2, 0.25) is 30.7 Å². The number of fused-ring (bicyclic) bond motifs is 2. The van der Waals surface area contributed by atoms with Crippen molar-refractivity contribution >= 4 is 53.6 Å². The first-order chi connectivity index (χ1) is 23.5. The van der Waals surface area contributed by atoms with Crippen molar-refractivity contribution in [2.24, 2.45) is 5.92 Å². The number of carbonyl (C=O) groups excluding carboxylic acids is 2. The molecule has 1 N–H and O–H groups in total. The third-order valence-electron chi connectivity index (χ3n) is 8.83. The van der Waals surface area contributed by atoms with E-state index in [2.05, 4.69) is 31.0 Å². The molecule has 0 spiro atoms. The van der Waals surface area contributed by atoms with E-state index in [1.807, 2.05) is 16.8 Å². The van der Waals surface area contributed by atoms with Gasteiger partial charge >= 0.3 is 0 Å². The molecule has 260 valence electrons. The number of nitriles is 1. The molecule has 2 atom stereocenters. The number of carbonyl (C=O) groups is 2. The van der Waals surface area contributed by atoms with Gasteiger partial charge in [0.15, 0.2) is 11.9 Å². The minimum absolute atomic E-state index is 0.173. The van der Waals surface area contributed by atoms with Gasteiger partial charge in [0, 0.05) is 51.0 Å². The highest BCUT2D eigenvalue weighted by Crippen LogP contribution is 2.31. The summed E-state index contributed by atoms with van der Waals surface area (Å²) < 4.78 is 21.3. The normalized spacial score (nSPS) is 17.6. The number of benzene rings is 1. The van der Waals surface area contributed by atoms with E-state index in [-0.39, 0.29) is 30.4 Å². The third kappa shape index (κ3) is 8.13. The first-order valence-corrected chi connectivity index (χ1v) is 20.9. The fraction of sp³-hybridized carbons (Fsp3) is 0.529. The van der Waals surface area contributed by atoms with Crippen molar-refractivity contribution in [2.45, 2.75) is 77.5 Å². The summed E-state index contributed by atoms with van der Waals surface area (Å²) in [4.78, 5) is 38.0. The summed E-state index contributed by atoms with van der Waals surface area (Å²) in [6, 6.07) is 7.94. The van der Waals surface area contributed by atoms with Crippen molar-refractivity contribution in [1.82, 2.24) is 34.5 Å². The lowest BCUT2D eigenvalue weighted by Crippen LogP contribution is -2.55. The zero-order valence-electron chi connectivity index (χ0n) is 28.4. The maximum absolute atomic E-state index is 13.7. The van der Waals surface area contributed by atoms with Crippen LogP contribution >= 0.6 is 11.6 Å². The Morgan fingerprint density at radius 3 is 2.78 bits per heavy atom. The molecular weight excluding hydrogens is 664 g/mol. The van der Waals surface area contributed by atoms with Crippen molar-refractivity contribution in [1.29, 1.82) is 5.26 Å². The van der Waals surface area contributed by atoms with Gasteiger partial charge in [-0.1, -0.05) is 31.2 Å². The van der Waals surface area contributed by atoms with Crippen molar-refractivity contribution < 1.29 is 23.8 Å². The highest BCUT2D eigenvalue weighted by molar-refractivity contribution is 6.76. The molecule has 2 fully saturated rings. The van der Waals surface area contributed by atoms with E-state index in [0.29, 0.717) is 67.0 Å². The number of halogens is 1. The number of ether oxygens (including phenoxy) is 3. The van der Waals surface area contributed by atoms with Gasteiger partial charge in [0.2, 0.25) is 5.91 Å². The van der Waals surface area contributed by atoms with E-state index in [0.717, 1.165) is 36.2 Å². The third-order valence-corrected chi connectivity index (χ3v) is 10.8. The molecule has 2 saturated heterocycles. The number of amides is 2. The van der Waals surface area contributed by atoms with Gasteiger partial charge in [0.1, 0.15) is 29.7 Å². The standard InChI is InChI=1S/C34H43ClN8O5Si/c1-22(34(45)41-18-23(16-36)19-41)38-33(44)26-20-42(21-46-13-14-49(2,3)4)32-31(26)39-27(17-37-32)30-25-9-8-24(35)15-28(25)43(40-30)10-12-48-29-7-5-6-11-47-29/h8-9,15,17,20,22-23,29H,5-7,10-14,18-19,21H2,1-4H3,(H,38,44)/t22-,29?/m1/s1. The molecule has 2 aliphatic heterocycles. The van der Waals surface area contributed by atoms with E-state index >= 15 is 0 Å². The Balaban J connectivity index is 1.29. The van der Waals surface area contributed by atoms with Gasteiger partial charge in [-0.2, -0.15) is 10.4 Å². The first kappa shape index (κ1) is 35.0. The highest BCUT2D eigenvalue weighted by Gasteiger charge is 2.34. The van der Waals surface area contributed by atoms with Gasteiger partial charge in [-0.15, -0.1) is 0 Å². The maximum atomic E-state index is 13.7. The topological polar surface area (TPSA) is 149 Å². The lowest BCUT2D eigenvalue weighted by molar-refractivity contribution is -0.163. The van der Waals surface area contributed by atoms with Crippen LogP contribution in [0.1, 0.15) is 36.5 Å². The molecule has 13 nitrogen and oxygen atoms in total. The lowest BCUT2D eigenvalue weighted by Gasteiger charge is -2.37. The van der Waals surface area contributed by atoms with Crippen LogP contribution in [0, 0.1) is 17.2 Å². The molecule has 49 heavy (non-hydrogen) atoms. The van der Waals surface area contributed by atoms with Crippen LogP contribution in [0.25, 0.3) is 33.5 Å². The molecule has 2 amide bonds. The molecule has 1 unspecified atom stereocenters. The number of nitrogens with zero attached hydrogens (tertiary/aromatic N) is 7. The first-order valence-electron chi connectivity index (χ1n) is 16.8. The molecule has 0 bridgehead atoms. The van der Waals surface area contributed by atoms with Crippen molar-refractivity contribution in [3.05, 3.63) is 41.2 Å². The predicted octanol–water partition coefficient (Wildman–Crippen LogP) is 5.06. The monoisotopic (exact) mass is 706 g/mol. The second-order valence-electron chi connectivity index (χ2n) is 14.0. The van der Waals surface area contributed by atoms with Gasteiger partial charge in [-0.3, -0.25) is 14.3 Å². The average molecular weight is 707 g/mol. The molecule has 0 aliphatic carbocycles. The molecule has 15 heteroatoms. The molecule has 0 saturated carbocycles. The molecule has 3 aromatic heterocycles. The number of hydrogen-bond acceptors (Lipinski definition) is 9. The zero-order chi connectivity index (χ0) is 34.7. The fourth-order valence-electron chi connectivity index (χ4n) is 5.94. The molecule has 5 heterocycles. The summed E-state index contributed by atoms with van der Waals surface area (Å²) in [6.07, 6.45) is 6.12. The maximum Gasteiger partial charge on any atom is 0.255 e. The summed E-state index contributed by atoms with van der Waals surface area (Å²) in [5.74, 6) is -0.868. The van der Waals surface area contributed by atoms with Crippen LogP contribution in [-0.2, 0) is 32.3 Å². The summed E-state index contributed by atoms with van der Waals surface area (Å²) in [5, 5.41) is 18.2. The number of hydrogen-bond donors (Lipinski definition) is 1. The van der Waals surface area contributed by atoms with Crippen LogP contribution in [0.5, 0.6) is 0 Å². The summed E-state index contributed by atoms with van der Waals surface area (Å²) in [5.41, 5.74) is 3.01. The Hall–Kier alpha value is -3.87. The van der Waals surface area contributed by atoms with Crippen LogP contribution in [0.3, 0.4) is 0 Å². The Bertz CT molecular complexity index is 1870. The minimum Gasteiger partial charge on any atom is -0.361 e. The van der Waals surface area contributed by atoms with Crippen LogP contribution in [0.15, 0.2) is 30.6 Å². The Morgan fingerprint density at radius 1 is 1.22 bits per heavy atom. The Kier molecular flexibility index (Phi) is 10.7. The summed E-state index contributed by atoms with van der Waals surface area (Å²) >= 11 is 6.41.